The normalized spacial score (nSPS) is 10.7. The lowest BCUT2D eigenvalue weighted by atomic mass is 10.4. The number of aliphatic hydroxyl groups excluding tert-OH is 1. The van der Waals surface area contributed by atoms with Crippen LogP contribution in [-0.4, -0.2) is 24.9 Å². The van der Waals surface area contributed by atoms with E-state index in [0.29, 0.717) is 0 Å². The first-order chi connectivity index (χ1) is 6.91. The van der Waals surface area contributed by atoms with Gasteiger partial charge in [0.05, 0.1) is 0 Å². The summed E-state index contributed by atoms with van der Waals surface area (Å²) in [5.41, 5.74) is 0. The molecule has 0 amide bonds. The molecule has 0 unspecified atom stereocenters. The molecule has 1 saturated heterocycles. The van der Waals surface area contributed by atoms with E-state index in [1.165, 1.54) is 12.8 Å². The molecule has 2 heteroatoms. The van der Waals surface area contributed by atoms with Crippen LogP contribution in [0.4, 0.5) is 0 Å². The van der Waals surface area contributed by atoms with Gasteiger partial charge in [0.15, 0.2) is 0 Å². The average molecular weight is 202 g/mol. The van der Waals surface area contributed by atoms with Crippen molar-refractivity contribution in [2.24, 2.45) is 0 Å². The number of rotatable bonds is 0. The second-order valence-electron chi connectivity index (χ2n) is 1.64. The molecule has 1 aliphatic heterocycles. The third kappa shape index (κ3) is 65.8. The molecule has 0 aromatic heterocycles. The zero-order valence-electron chi connectivity index (χ0n) is 9.96. The molecule has 0 aliphatic carbocycles. The summed E-state index contributed by atoms with van der Waals surface area (Å²) < 4.78 is 4.94. The molecular weight excluding hydrogens is 176 g/mol. The molecule has 1 rings (SSSR count). The van der Waals surface area contributed by atoms with E-state index in [-0.39, 0.29) is 6.61 Å². The Morgan fingerprint density at radius 1 is 1.14 bits per heavy atom. The quantitative estimate of drug-likeness (QED) is 0.483. The maximum Gasteiger partial charge on any atom is 0.0466 e. The molecule has 1 aliphatic rings. The van der Waals surface area contributed by atoms with E-state index < -0.39 is 0 Å². The molecule has 0 aromatic rings. The largest absolute Gasteiger partial charge is 0.397 e. The van der Waals surface area contributed by atoms with Crippen LogP contribution >= 0.6 is 0 Å². The minimum atomic E-state index is 0.250. The van der Waals surface area contributed by atoms with Crippen LogP contribution in [0.25, 0.3) is 0 Å². The highest BCUT2D eigenvalue weighted by molar-refractivity contribution is 4.47. The van der Waals surface area contributed by atoms with Gasteiger partial charge >= 0.3 is 0 Å². The first kappa shape index (κ1) is 23.2. The van der Waals surface area contributed by atoms with Crippen LogP contribution < -0.4 is 0 Å². The number of aliphatic hydroxyl groups is 1. The van der Waals surface area contributed by atoms with Crippen molar-refractivity contribution in [1.29, 1.82) is 0 Å². The monoisotopic (exact) mass is 202 g/mol. The van der Waals surface area contributed by atoms with Gasteiger partial charge in [0.1, 0.15) is 0 Å². The van der Waals surface area contributed by atoms with Gasteiger partial charge in [-0.2, -0.15) is 0 Å². The van der Waals surface area contributed by atoms with E-state index >= 15 is 0 Å². The topological polar surface area (TPSA) is 29.5 Å². The molecule has 0 aromatic carbocycles. The fraction of sp³-hybridized carbons (Fsp3) is 0.667. The predicted molar refractivity (Wildman–Crippen MR) is 65.3 cm³/mol. The van der Waals surface area contributed by atoms with Crippen molar-refractivity contribution in [3.8, 4) is 12.8 Å². The SMILES string of the molecule is C#C.C1CCOC1.C=C.CC.CCO. The first-order valence-electron chi connectivity index (χ1n) is 4.93. The Balaban J connectivity index is -0.0000000494. The van der Waals surface area contributed by atoms with Crippen molar-refractivity contribution >= 4 is 0 Å². The fourth-order valence-electron chi connectivity index (χ4n) is 0.510. The van der Waals surface area contributed by atoms with Crippen molar-refractivity contribution in [2.45, 2.75) is 33.6 Å². The third-order valence-electron chi connectivity index (χ3n) is 0.827. The number of terminal acetylenes is 1. The van der Waals surface area contributed by atoms with Crippen molar-refractivity contribution in [3.05, 3.63) is 13.2 Å². The van der Waals surface area contributed by atoms with Gasteiger partial charge in [-0.3, -0.25) is 0 Å². The molecule has 0 atom stereocenters. The summed E-state index contributed by atoms with van der Waals surface area (Å²) in [6.07, 6.45) is 10.6. The highest BCUT2D eigenvalue weighted by atomic mass is 16.5. The Bertz CT molecular complexity index is 58.4. The Kier molecular flexibility index (Phi) is 93.6. The van der Waals surface area contributed by atoms with E-state index in [0.717, 1.165) is 13.2 Å². The Labute approximate surface area is 90.0 Å². The lowest BCUT2D eigenvalue weighted by Gasteiger charge is -1.76. The highest BCUT2D eigenvalue weighted by Gasteiger charge is 1.94. The molecule has 0 spiro atoms. The van der Waals surface area contributed by atoms with Crippen LogP contribution in [0.2, 0.25) is 0 Å². The molecule has 0 saturated carbocycles. The van der Waals surface area contributed by atoms with Crippen LogP contribution in [0.5, 0.6) is 0 Å². The lowest BCUT2D eigenvalue weighted by Crippen LogP contribution is -1.74. The van der Waals surface area contributed by atoms with Gasteiger partial charge in [-0.25, -0.2) is 0 Å². The predicted octanol–water partition coefficient (Wildman–Crippen LogP) is 2.87. The summed E-state index contributed by atoms with van der Waals surface area (Å²) in [5, 5.41) is 7.57. The van der Waals surface area contributed by atoms with Gasteiger partial charge in [-0.15, -0.1) is 26.0 Å². The van der Waals surface area contributed by atoms with Crippen molar-refractivity contribution in [3.63, 3.8) is 0 Å². The van der Waals surface area contributed by atoms with E-state index in [1.807, 2.05) is 13.8 Å². The summed E-state index contributed by atoms with van der Waals surface area (Å²) in [6.45, 7) is 13.9. The molecular formula is C12H26O2. The molecule has 1 fully saturated rings. The number of hydrogen-bond acceptors (Lipinski definition) is 2. The van der Waals surface area contributed by atoms with Gasteiger partial charge in [0.2, 0.25) is 0 Å². The fourth-order valence-corrected chi connectivity index (χ4v) is 0.510. The van der Waals surface area contributed by atoms with Crippen molar-refractivity contribution in [1.82, 2.24) is 0 Å². The smallest absolute Gasteiger partial charge is 0.0466 e. The molecule has 14 heavy (non-hydrogen) atoms. The minimum Gasteiger partial charge on any atom is -0.397 e. The van der Waals surface area contributed by atoms with Gasteiger partial charge in [-0.05, 0) is 19.8 Å². The number of hydrogen-bond donors (Lipinski definition) is 1. The second kappa shape index (κ2) is 56.5. The van der Waals surface area contributed by atoms with Crippen LogP contribution in [0.3, 0.4) is 0 Å². The molecule has 1 heterocycles. The Morgan fingerprint density at radius 2 is 1.36 bits per heavy atom. The highest BCUT2D eigenvalue weighted by Crippen LogP contribution is 1.98. The molecule has 86 valence electrons. The molecule has 0 radical (unpaired) electrons. The van der Waals surface area contributed by atoms with E-state index in [1.54, 1.807) is 6.92 Å². The van der Waals surface area contributed by atoms with Gasteiger partial charge in [0.25, 0.3) is 0 Å². The minimum absolute atomic E-state index is 0.250. The van der Waals surface area contributed by atoms with E-state index in [2.05, 4.69) is 26.0 Å². The number of ether oxygens (including phenoxy) is 1. The van der Waals surface area contributed by atoms with Crippen LogP contribution in [0.15, 0.2) is 13.2 Å². The molecule has 2 nitrogen and oxygen atoms in total. The standard InChI is InChI=1S/C4H8O.C2H6O.C2H6.C2H4.C2H2/c1-2-4-5-3-1;1-2-3;3*1-2/h1-4H2;3H,2H2,1H3;1-2H3;1-2H2;1-2H. The van der Waals surface area contributed by atoms with E-state index in [9.17, 15) is 0 Å². The summed E-state index contributed by atoms with van der Waals surface area (Å²) in [7, 11) is 0. The van der Waals surface area contributed by atoms with Crippen LogP contribution in [-0.2, 0) is 4.74 Å². The van der Waals surface area contributed by atoms with Crippen LogP contribution in [0, 0.1) is 12.8 Å². The van der Waals surface area contributed by atoms with Crippen LogP contribution in [0.1, 0.15) is 33.6 Å². The second-order valence-corrected chi connectivity index (χ2v) is 1.64. The summed E-state index contributed by atoms with van der Waals surface area (Å²) in [5.74, 6) is 0. The maximum absolute atomic E-state index is 7.57. The first-order valence-corrected chi connectivity index (χ1v) is 4.93. The molecule has 1 N–H and O–H groups in total. The Hall–Kier alpha value is -0.780. The van der Waals surface area contributed by atoms with Gasteiger partial charge < -0.3 is 9.84 Å². The average Bonchev–Trinajstić information content (AvgIpc) is 2.85. The van der Waals surface area contributed by atoms with Gasteiger partial charge in [0, 0.05) is 19.8 Å². The summed E-state index contributed by atoms with van der Waals surface area (Å²) >= 11 is 0. The maximum atomic E-state index is 7.57. The summed E-state index contributed by atoms with van der Waals surface area (Å²) in [4.78, 5) is 0. The zero-order valence-corrected chi connectivity index (χ0v) is 9.96. The van der Waals surface area contributed by atoms with Crippen molar-refractivity contribution in [2.75, 3.05) is 19.8 Å². The third-order valence-corrected chi connectivity index (χ3v) is 0.827. The van der Waals surface area contributed by atoms with Crippen molar-refractivity contribution < 1.29 is 9.84 Å². The molecule has 0 bridgehead atoms. The van der Waals surface area contributed by atoms with E-state index in [4.69, 9.17) is 9.84 Å². The zero-order chi connectivity index (χ0) is 12.2. The Morgan fingerprint density at radius 3 is 1.43 bits per heavy atom. The summed E-state index contributed by atoms with van der Waals surface area (Å²) in [6, 6.07) is 0. The van der Waals surface area contributed by atoms with Gasteiger partial charge in [-0.1, -0.05) is 13.8 Å². The lowest BCUT2D eigenvalue weighted by molar-refractivity contribution is 0.198.